The smallest absolute Gasteiger partial charge is 0.266 e. The number of hydrogen-bond donors (Lipinski definition) is 0. The van der Waals surface area contributed by atoms with Crippen molar-refractivity contribution in [2.45, 2.75) is 0 Å². The van der Waals surface area contributed by atoms with Gasteiger partial charge in [-0.3, -0.25) is 9.36 Å². The van der Waals surface area contributed by atoms with Crippen LogP contribution in [-0.4, -0.2) is 9.55 Å². The molecule has 0 amide bonds. The second kappa shape index (κ2) is 4.94. The largest absolute Gasteiger partial charge is 0.268 e. The van der Waals surface area contributed by atoms with Gasteiger partial charge in [0.15, 0.2) is 0 Å². The zero-order chi connectivity index (χ0) is 14.1. The second-order valence-electron chi connectivity index (χ2n) is 4.31. The maximum atomic E-state index is 12.6. The number of halogens is 1. The molecule has 0 spiro atoms. The summed E-state index contributed by atoms with van der Waals surface area (Å²) in [7, 11) is 0. The quantitative estimate of drug-likeness (QED) is 0.718. The summed E-state index contributed by atoms with van der Waals surface area (Å²) < 4.78 is 1.53. The van der Waals surface area contributed by atoms with Crippen LogP contribution < -0.4 is 5.56 Å². The lowest BCUT2D eigenvalue weighted by Gasteiger charge is -2.11. The van der Waals surface area contributed by atoms with Crippen LogP contribution in [0.25, 0.3) is 22.7 Å². The predicted octanol–water partition coefficient (Wildman–Crippen LogP) is 3.68. The highest BCUT2D eigenvalue weighted by Gasteiger charge is 2.10. The van der Waals surface area contributed by atoms with Gasteiger partial charge in [-0.1, -0.05) is 30.3 Å². The Bertz CT molecular complexity index is 850. The third-order valence-corrected chi connectivity index (χ3v) is 3.32. The fraction of sp³-hybridized carbons (Fsp3) is 0. The topological polar surface area (TPSA) is 34.9 Å². The van der Waals surface area contributed by atoms with Crippen molar-refractivity contribution < 1.29 is 0 Å². The van der Waals surface area contributed by atoms with Crippen LogP contribution in [0.4, 0.5) is 0 Å². The molecule has 1 aromatic heterocycles. The standard InChI is InChI=1S/C16H11ClN2O/c1-2-15-18-14-6-4-3-5-13(14)16(20)19(15)12-9-7-11(17)8-10-12/h2-10H,1H2. The number of hydrogen-bond acceptors (Lipinski definition) is 2. The Kier molecular flexibility index (Phi) is 3.12. The average molecular weight is 283 g/mol. The summed E-state index contributed by atoms with van der Waals surface area (Å²) in [4.78, 5) is 17.1. The number of benzene rings is 2. The van der Waals surface area contributed by atoms with Crippen LogP contribution in [0.5, 0.6) is 0 Å². The Morgan fingerprint density at radius 1 is 1.10 bits per heavy atom. The summed E-state index contributed by atoms with van der Waals surface area (Å²) in [6.45, 7) is 3.73. The normalized spacial score (nSPS) is 10.7. The molecule has 3 aromatic rings. The van der Waals surface area contributed by atoms with Crippen LogP contribution in [0.15, 0.2) is 59.9 Å². The third kappa shape index (κ3) is 2.02. The third-order valence-electron chi connectivity index (χ3n) is 3.07. The highest BCUT2D eigenvalue weighted by atomic mass is 35.5. The van der Waals surface area contributed by atoms with Gasteiger partial charge in [0.05, 0.1) is 16.6 Å². The molecule has 0 radical (unpaired) electrons. The van der Waals surface area contributed by atoms with Crippen molar-refractivity contribution >= 4 is 28.6 Å². The summed E-state index contributed by atoms with van der Waals surface area (Å²) in [6, 6.07) is 14.3. The highest BCUT2D eigenvalue weighted by molar-refractivity contribution is 6.30. The van der Waals surface area contributed by atoms with Gasteiger partial charge in [0.2, 0.25) is 0 Å². The van der Waals surface area contributed by atoms with E-state index in [2.05, 4.69) is 11.6 Å². The van der Waals surface area contributed by atoms with Gasteiger partial charge >= 0.3 is 0 Å². The molecule has 0 N–H and O–H groups in total. The van der Waals surface area contributed by atoms with E-state index < -0.39 is 0 Å². The van der Waals surface area contributed by atoms with E-state index in [1.54, 1.807) is 36.4 Å². The van der Waals surface area contributed by atoms with Gasteiger partial charge in [0.25, 0.3) is 5.56 Å². The molecule has 3 nitrogen and oxygen atoms in total. The molecule has 0 unspecified atom stereocenters. The average Bonchev–Trinajstić information content (AvgIpc) is 2.48. The number of aromatic nitrogens is 2. The van der Waals surface area contributed by atoms with Gasteiger partial charge in [0, 0.05) is 5.02 Å². The van der Waals surface area contributed by atoms with Crippen LogP contribution in [-0.2, 0) is 0 Å². The summed E-state index contributed by atoms with van der Waals surface area (Å²) >= 11 is 5.88. The van der Waals surface area contributed by atoms with Gasteiger partial charge < -0.3 is 0 Å². The molecule has 4 heteroatoms. The number of fused-ring (bicyclic) bond motifs is 1. The van der Waals surface area contributed by atoms with Gasteiger partial charge in [-0.25, -0.2) is 4.98 Å². The van der Waals surface area contributed by atoms with Crippen molar-refractivity contribution in [1.29, 1.82) is 0 Å². The highest BCUT2D eigenvalue weighted by Crippen LogP contribution is 2.16. The summed E-state index contributed by atoms with van der Waals surface area (Å²) in [5, 5.41) is 1.20. The Morgan fingerprint density at radius 3 is 2.50 bits per heavy atom. The van der Waals surface area contributed by atoms with Gasteiger partial charge in [0.1, 0.15) is 5.82 Å². The van der Waals surface area contributed by atoms with Crippen molar-refractivity contribution in [3.63, 3.8) is 0 Å². The van der Waals surface area contributed by atoms with Crippen LogP contribution in [0.3, 0.4) is 0 Å². The van der Waals surface area contributed by atoms with Crippen molar-refractivity contribution in [3.8, 4) is 5.69 Å². The minimum absolute atomic E-state index is 0.118. The van der Waals surface area contributed by atoms with Crippen LogP contribution in [0.1, 0.15) is 5.82 Å². The molecule has 1 heterocycles. The predicted molar refractivity (Wildman–Crippen MR) is 82.4 cm³/mol. The molecule has 0 saturated heterocycles. The molecule has 2 aromatic carbocycles. The van der Waals surface area contributed by atoms with Crippen molar-refractivity contribution in [3.05, 3.63) is 76.3 Å². The van der Waals surface area contributed by atoms with Gasteiger partial charge in [-0.05, 0) is 42.5 Å². The van der Waals surface area contributed by atoms with Crippen LogP contribution in [0, 0.1) is 0 Å². The zero-order valence-corrected chi connectivity index (χ0v) is 11.3. The van der Waals surface area contributed by atoms with Crippen LogP contribution in [0.2, 0.25) is 5.02 Å². The van der Waals surface area contributed by atoms with E-state index in [1.165, 1.54) is 4.57 Å². The molecule has 0 saturated carbocycles. The Labute approximate surface area is 120 Å². The number of para-hydroxylation sites is 1. The maximum absolute atomic E-state index is 12.6. The minimum atomic E-state index is -0.118. The summed E-state index contributed by atoms with van der Waals surface area (Å²) in [6.07, 6.45) is 1.57. The fourth-order valence-corrected chi connectivity index (χ4v) is 2.25. The molecule has 0 aliphatic heterocycles. The molecule has 3 rings (SSSR count). The first-order chi connectivity index (χ1) is 9.70. The van der Waals surface area contributed by atoms with Crippen LogP contribution >= 0.6 is 11.6 Å². The van der Waals surface area contributed by atoms with E-state index in [0.717, 1.165) is 0 Å². The maximum Gasteiger partial charge on any atom is 0.266 e. The molecule has 20 heavy (non-hydrogen) atoms. The first-order valence-electron chi connectivity index (χ1n) is 6.11. The SMILES string of the molecule is C=Cc1nc2ccccc2c(=O)n1-c1ccc(Cl)cc1. The second-order valence-corrected chi connectivity index (χ2v) is 4.74. The molecule has 0 fully saturated rings. The van der Waals surface area contributed by atoms with E-state index in [1.807, 2.05) is 18.2 Å². The number of rotatable bonds is 2. The molecule has 0 bridgehead atoms. The lowest BCUT2D eigenvalue weighted by atomic mass is 10.2. The van der Waals surface area contributed by atoms with Gasteiger partial charge in [-0.15, -0.1) is 0 Å². The number of nitrogens with zero attached hydrogens (tertiary/aromatic N) is 2. The Hall–Kier alpha value is -2.39. The lowest BCUT2D eigenvalue weighted by Crippen LogP contribution is -2.22. The zero-order valence-electron chi connectivity index (χ0n) is 10.6. The summed E-state index contributed by atoms with van der Waals surface area (Å²) in [5.41, 5.74) is 1.26. The fourth-order valence-electron chi connectivity index (χ4n) is 2.13. The lowest BCUT2D eigenvalue weighted by molar-refractivity contribution is 0.944. The van der Waals surface area contributed by atoms with Gasteiger partial charge in [-0.2, -0.15) is 0 Å². The minimum Gasteiger partial charge on any atom is -0.268 e. The molecule has 0 aliphatic carbocycles. The summed E-state index contributed by atoms with van der Waals surface area (Å²) in [5.74, 6) is 0.510. The Morgan fingerprint density at radius 2 is 1.80 bits per heavy atom. The Balaban J connectivity index is 2.39. The van der Waals surface area contributed by atoms with Crippen molar-refractivity contribution in [2.75, 3.05) is 0 Å². The van der Waals surface area contributed by atoms with E-state index in [9.17, 15) is 4.79 Å². The molecular weight excluding hydrogens is 272 g/mol. The van der Waals surface area contributed by atoms with E-state index in [4.69, 9.17) is 11.6 Å². The van der Waals surface area contributed by atoms with E-state index in [-0.39, 0.29) is 5.56 Å². The first-order valence-corrected chi connectivity index (χ1v) is 6.48. The van der Waals surface area contributed by atoms with E-state index in [0.29, 0.717) is 27.4 Å². The van der Waals surface area contributed by atoms with Crippen molar-refractivity contribution in [1.82, 2.24) is 9.55 Å². The molecular formula is C16H11ClN2O. The monoisotopic (exact) mass is 282 g/mol. The molecule has 98 valence electrons. The first kappa shape index (κ1) is 12.6. The molecule has 0 atom stereocenters. The van der Waals surface area contributed by atoms with E-state index >= 15 is 0 Å². The molecule has 0 aliphatic rings. The van der Waals surface area contributed by atoms with Crippen molar-refractivity contribution in [2.24, 2.45) is 0 Å².